The number of carbonyl (C=O) groups is 1. The van der Waals surface area contributed by atoms with Gasteiger partial charge in [0.05, 0.1) is 19.8 Å². The van der Waals surface area contributed by atoms with E-state index in [-0.39, 0.29) is 17.9 Å². The maximum Gasteiger partial charge on any atom is 0.258 e. The largest absolute Gasteiger partial charge is 0.496 e. The lowest BCUT2D eigenvalue weighted by molar-refractivity contribution is 0.0908. The number of hydrogen-bond acceptors (Lipinski definition) is 3. The second-order valence-corrected chi connectivity index (χ2v) is 4.44. The molecule has 110 valence electrons. The standard InChI is InChI=1S/C16H16FNO3/c1-21-14-9-5-8-12(17)15(14)16(20)18-13(10-19)11-6-3-2-4-7-11/h2-9,13,19H,10H2,1H3,(H,18,20)/t13-/m1/s1. The van der Waals surface area contributed by atoms with Crippen molar-refractivity contribution >= 4 is 5.91 Å². The van der Waals surface area contributed by atoms with E-state index in [9.17, 15) is 14.3 Å². The molecule has 0 aromatic heterocycles. The second kappa shape index (κ2) is 6.85. The van der Waals surface area contributed by atoms with Crippen LogP contribution in [0.25, 0.3) is 0 Å². The van der Waals surface area contributed by atoms with Crippen LogP contribution in [0.1, 0.15) is 22.0 Å². The van der Waals surface area contributed by atoms with E-state index in [1.54, 1.807) is 24.3 Å². The third-order valence-electron chi connectivity index (χ3n) is 3.11. The molecule has 1 amide bonds. The lowest BCUT2D eigenvalue weighted by Crippen LogP contribution is -2.31. The summed E-state index contributed by atoms with van der Waals surface area (Å²) in [5, 5.41) is 12.0. The lowest BCUT2D eigenvalue weighted by Gasteiger charge is -2.18. The van der Waals surface area contributed by atoms with Gasteiger partial charge >= 0.3 is 0 Å². The molecule has 0 aliphatic rings. The van der Waals surface area contributed by atoms with Crippen LogP contribution in [0.2, 0.25) is 0 Å². The van der Waals surface area contributed by atoms with Crippen LogP contribution >= 0.6 is 0 Å². The smallest absolute Gasteiger partial charge is 0.258 e. The molecule has 0 fully saturated rings. The van der Waals surface area contributed by atoms with Gasteiger partial charge in [-0.3, -0.25) is 4.79 Å². The first-order valence-corrected chi connectivity index (χ1v) is 6.46. The van der Waals surface area contributed by atoms with Gasteiger partial charge in [-0.25, -0.2) is 4.39 Å². The van der Waals surface area contributed by atoms with E-state index in [1.807, 2.05) is 6.07 Å². The molecule has 0 aliphatic heterocycles. The minimum Gasteiger partial charge on any atom is -0.496 e. The van der Waals surface area contributed by atoms with Gasteiger partial charge in [0, 0.05) is 0 Å². The third kappa shape index (κ3) is 3.38. The molecule has 2 N–H and O–H groups in total. The van der Waals surface area contributed by atoms with Crippen LogP contribution in [0.4, 0.5) is 4.39 Å². The third-order valence-corrected chi connectivity index (χ3v) is 3.11. The molecule has 0 unspecified atom stereocenters. The monoisotopic (exact) mass is 289 g/mol. The van der Waals surface area contributed by atoms with Gasteiger partial charge in [-0.15, -0.1) is 0 Å². The van der Waals surface area contributed by atoms with Crippen molar-refractivity contribution in [3.05, 3.63) is 65.5 Å². The van der Waals surface area contributed by atoms with Crippen molar-refractivity contribution in [3.63, 3.8) is 0 Å². The van der Waals surface area contributed by atoms with Gasteiger partial charge in [0.15, 0.2) is 0 Å². The molecule has 2 rings (SSSR count). The highest BCUT2D eigenvalue weighted by molar-refractivity contribution is 5.97. The zero-order valence-corrected chi connectivity index (χ0v) is 11.5. The Morgan fingerprint density at radius 1 is 1.24 bits per heavy atom. The Balaban J connectivity index is 2.25. The summed E-state index contributed by atoms with van der Waals surface area (Å²) in [6.07, 6.45) is 0. The Hall–Kier alpha value is -2.40. The fraction of sp³-hybridized carbons (Fsp3) is 0.188. The summed E-state index contributed by atoms with van der Waals surface area (Å²) in [6.45, 7) is -0.285. The number of amides is 1. The molecule has 0 bridgehead atoms. The molecule has 0 spiro atoms. The van der Waals surface area contributed by atoms with Crippen molar-refractivity contribution in [2.45, 2.75) is 6.04 Å². The molecule has 0 aliphatic carbocycles. The van der Waals surface area contributed by atoms with Gasteiger partial charge in [0.25, 0.3) is 5.91 Å². The van der Waals surface area contributed by atoms with Crippen molar-refractivity contribution in [2.75, 3.05) is 13.7 Å². The first-order chi connectivity index (χ1) is 10.2. The van der Waals surface area contributed by atoms with Gasteiger partial charge in [0.2, 0.25) is 0 Å². The summed E-state index contributed by atoms with van der Waals surface area (Å²) in [7, 11) is 1.37. The summed E-state index contributed by atoms with van der Waals surface area (Å²) < 4.78 is 18.8. The normalized spacial score (nSPS) is 11.8. The van der Waals surface area contributed by atoms with Gasteiger partial charge < -0.3 is 15.2 Å². The number of methoxy groups -OCH3 is 1. The molecule has 0 saturated heterocycles. The number of halogens is 1. The molecule has 21 heavy (non-hydrogen) atoms. The quantitative estimate of drug-likeness (QED) is 0.888. The summed E-state index contributed by atoms with van der Waals surface area (Å²) in [6, 6.07) is 12.5. The molecular formula is C16H16FNO3. The summed E-state index contributed by atoms with van der Waals surface area (Å²) >= 11 is 0. The SMILES string of the molecule is COc1cccc(F)c1C(=O)N[C@H](CO)c1ccccc1. The molecule has 0 saturated carbocycles. The molecule has 4 nitrogen and oxygen atoms in total. The van der Waals surface area contributed by atoms with Crippen LogP contribution in [0.5, 0.6) is 5.75 Å². The number of aliphatic hydroxyl groups excluding tert-OH is 1. The van der Waals surface area contributed by atoms with Crippen LogP contribution < -0.4 is 10.1 Å². The summed E-state index contributed by atoms with van der Waals surface area (Å²) in [4.78, 5) is 12.2. The molecule has 5 heteroatoms. The number of carbonyl (C=O) groups excluding carboxylic acids is 1. The first kappa shape index (κ1) is 15.0. The van der Waals surface area contributed by atoms with Gasteiger partial charge in [0.1, 0.15) is 17.1 Å². The average Bonchev–Trinajstić information content (AvgIpc) is 2.52. The first-order valence-electron chi connectivity index (χ1n) is 6.46. The maximum absolute atomic E-state index is 13.8. The highest BCUT2D eigenvalue weighted by Crippen LogP contribution is 2.22. The lowest BCUT2D eigenvalue weighted by atomic mass is 10.1. The van der Waals surface area contributed by atoms with E-state index in [2.05, 4.69) is 5.32 Å². The summed E-state index contributed by atoms with van der Waals surface area (Å²) in [5.41, 5.74) is 0.568. The second-order valence-electron chi connectivity index (χ2n) is 4.44. The van der Waals surface area contributed by atoms with E-state index < -0.39 is 17.8 Å². The van der Waals surface area contributed by atoms with Crippen molar-refractivity contribution in [3.8, 4) is 5.75 Å². The van der Waals surface area contributed by atoms with E-state index in [0.717, 1.165) is 5.56 Å². The zero-order valence-electron chi connectivity index (χ0n) is 11.5. The van der Waals surface area contributed by atoms with Crippen LogP contribution in [-0.4, -0.2) is 24.7 Å². The Bertz CT molecular complexity index is 616. The van der Waals surface area contributed by atoms with Gasteiger partial charge in [-0.1, -0.05) is 36.4 Å². The Kier molecular flexibility index (Phi) is 4.90. The van der Waals surface area contributed by atoms with E-state index >= 15 is 0 Å². The molecule has 0 radical (unpaired) electrons. The Morgan fingerprint density at radius 2 is 1.95 bits per heavy atom. The van der Waals surface area contributed by atoms with Crippen molar-refractivity contribution < 1.29 is 19.0 Å². The predicted molar refractivity (Wildman–Crippen MR) is 76.7 cm³/mol. The number of ether oxygens (including phenoxy) is 1. The van der Waals surface area contributed by atoms with Crippen LogP contribution in [0, 0.1) is 5.82 Å². The highest BCUT2D eigenvalue weighted by Gasteiger charge is 2.21. The van der Waals surface area contributed by atoms with Crippen molar-refractivity contribution in [2.24, 2.45) is 0 Å². The van der Waals surface area contributed by atoms with E-state index in [1.165, 1.54) is 25.3 Å². The number of aliphatic hydroxyl groups is 1. The molecule has 0 heterocycles. The topological polar surface area (TPSA) is 58.6 Å². The molecular weight excluding hydrogens is 273 g/mol. The fourth-order valence-corrected chi connectivity index (χ4v) is 2.04. The van der Waals surface area contributed by atoms with E-state index in [4.69, 9.17) is 4.74 Å². The number of nitrogens with one attached hydrogen (secondary N) is 1. The minimum atomic E-state index is -0.670. The number of hydrogen-bond donors (Lipinski definition) is 2. The average molecular weight is 289 g/mol. The minimum absolute atomic E-state index is 0.150. The molecule has 2 aromatic rings. The van der Waals surface area contributed by atoms with Crippen LogP contribution in [0.15, 0.2) is 48.5 Å². The fourth-order valence-electron chi connectivity index (χ4n) is 2.04. The van der Waals surface area contributed by atoms with Crippen LogP contribution in [-0.2, 0) is 0 Å². The summed E-state index contributed by atoms with van der Waals surface area (Å²) in [5.74, 6) is -1.15. The molecule has 1 atom stereocenters. The predicted octanol–water partition coefficient (Wildman–Crippen LogP) is 2.30. The van der Waals surface area contributed by atoms with Crippen molar-refractivity contribution in [1.82, 2.24) is 5.32 Å². The molecule has 2 aromatic carbocycles. The van der Waals surface area contributed by atoms with Gasteiger partial charge in [-0.05, 0) is 17.7 Å². The Morgan fingerprint density at radius 3 is 2.57 bits per heavy atom. The zero-order chi connectivity index (χ0) is 15.2. The number of rotatable bonds is 5. The maximum atomic E-state index is 13.8. The van der Waals surface area contributed by atoms with Gasteiger partial charge in [-0.2, -0.15) is 0 Å². The van der Waals surface area contributed by atoms with Crippen molar-refractivity contribution in [1.29, 1.82) is 0 Å². The number of benzene rings is 2. The Labute approximate surface area is 122 Å². The highest BCUT2D eigenvalue weighted by atomic mass is 19.1. The van der Waals surface area contributed by atoms with E-state index in [0.29, 0.717) is 0 Å². The van der Waals surface area contributed by atoms with Crippen LogP contribution in [0.3, 0.4) is 0 Å².